The van der Waals surface area contributed by atoms with Crippen LogP contribution in [0.25, 0.3) is 0 Å². The lowest BCUT2D eigenvalue weighted by molar-refractivity contribution is -0.156. The number of hydrogen-bond donors (Lipinski definition) is 0. The lowest BCUT2D eigenvalue weighted by atomic mass is 10.2. The van der Waals surface area contributed by atoms with Crippen LogP contribution in [0.3, 0.4) is 0 Å². The van der Waals surface area contributed by atoms with E-state index in [0.29, 0.717) is 13.0 Å². The fraction of sp³-hybridized carbons (Fsp3) is 0.714. The second kappa shape index (κ2) is 1.96. The van der Waals surface area contributed by atoms with Gasteiger partial charge in [-0.05, 0) is 0 Å². The van der Waals surface area contributed by atoms with Gasteiger partial charge in [0.2, 0.25) is 5.91 Å². The van der Waals surface area contributed by atoms with Crippen LogP contribution in [0.4, 0.5) is 0 Å². The van der Waals surface area contributed by atoms with Crippen LogP contribution in [0.15, 0.2) is 0 Å². The van der Waals surface area contributed by atoms with Crippen molar-refractivity contribution in [2.45, 2.75) is 25.5 Å². The molecule has 2 aliphatic heterocycles. The molecule has 2 atom stereocenters. The van der Waals surface area contributed by atoms with E-state index in [-0.39, 0.29) is 24.0 Å². The number of carbonyl (C=O) groups excluding carboxylic acids is 2. The summed E-state index contributed by atoms with van der Waals surface area (Å²) in [6.07, 6.45) is 0.662. The molecule has 0 spiro atoms. The second-order valence-electron chi connectivity index (χ2n) is 2.98. The predicted molar refractivity (Wildman–Crippen MR) is 35.7 cm³/mol. The molecule has 1 amide bonds. The van der Waals surface area contributed by atoms with Gasteiger partial charge in [0.15, 0.2) is 0 Å². The van der Waals surface area contributed by atoms with E-state index in [1.165, 1.54) is 6.92 Å². The van der Waals surface area contributed by atoms with Crippen LogP contribution in [0.1, 0.15) is 13.3 Å². The Kier molecular flexibility index (Phi) is 1.19. The van der Waals surface area contributed by atoms with E-state index in [2.05, 4.69) is 0 Å². The molecule has 4 heteroatoms. The van der Waals surface area contributed by atoms with Crippen molar-refractivity contribution in [2.24, 2.45) is 0 Å². The quantitative estimate of drug-likeness (QED) is 0.444. The third-order valence-corrected chi connectivity index (χ3v) is 2.22. The number of rotatable bonds is 0. The number of amides is 1. The number of morpholine rings is 1. The van der Waals surface area contributed by atoms with E-state index in [1.807, 2.05) is 0 Å². The fourth-order valence-electron chi connectivity index (χ4n) is 1.70. The van der Waals surface area contributed by atoms with Crippen LogP contribution >= 0.6 is 0 Å². The highest BCUT2D eigenvalue weighted by molar-refractivity contribution is 5.86. The fourth-order valence-corrected chi connectivity index (χ4v) is 1.70. The van der Waals surface area contributed by atoms with Gasteiger partial charge in [-0.1, -0.05) is 0 Å². The second-order valence-corrected chi connectivity index (χ2v) is 2.98. The van der Waals surface area contributed by atoms with Gasteiger partial charge in [0.1, 0.15) is 12.1 Å². The number of likely N-dealkylation sites (tertiary alicyclic amines) is 1. The zero-order valence-corrected chi connectivity index (χ0v) is 6.24. The molecule has 2 heterocycles. The summed E-state index contributed by atoms with van der Waals surface area (Å²) in [6.45, 7) is 2.07. The van der Waals surface area contributed by atoms with Crippen molar-refractivity contribution in [1.82, 2.24) is 4.90 Å². The molecule has 2 unspecified atom stereocenters. The van der Waals surface area contributed by atoms with Crippen LogP contribution in [0.5, 0.6) is 0 Å². The largest absolute Gasteiger partial charge is 0.459 e. The summed E-state index contributed by atoms with van der Waals surface area (Å²) < 4.78 is 4.91. The smallest absolute Gasteiger partial charge is 0.329 e. The standard InChI is InChI=1S/C7H9NO3/c1-4(9)8-3-5-2-6(8)7(10)11-5/h5-6H,2-3H2,1H3. The molecule has 0 aromatic rings. The first-order valence-corrected chi connectivity index (χ1v) is 3.66. The van der Waals surface area contributed by atoms with Crippen molar-refractivity contribution in [3.8, 4) is 0 Å². The van der Waals surface area contributed by atoms with Crippen molar-refractivity contribution in [3.05, 3.63) is 0 Å². The minimum atomic E-state index is -0.280. The van der Waals surface area contributed by atoms with Crippen LogP contribution in [-0.4, -0.2) is 35.5 Å². The van der Waals surface area contributed by atoms with Crippen LogP contribution in [0.2, 0.25) is 0 Å². The summed E-state index contributed by atoms with van der Waals surface area (Å²) in [5.74, 6) is -0.273. The molecule has 0 radical (unpaired) electrons. The average molecular weight is 155 g/mol. The first kappa shape index (κ1) is 6.64. The molecule has 0 aromatic heterocycles. The molecule has 2 saturated heterocycles. The third kappa shape index (κ3) is 0.818. The minimum Gasteiger partial charge on any atom is -0.459 e. The number of nitrogens with zero attached hydrogens (tertiary/aromatic N) is 1. The van der Waals surface area contributed by atoms with Gasteiger partial charge in [-0.2, -0.15) is 0 Å². The molecule has 4 nitrogen and oxygen atoms in total. The molecule has 0 aliphatic carbocycles. The zero-order chi connectivity index (χ0) is 8.01. The van der Waals surface area contributed by atoms with E-state index in [4.69, 9.17) is 4.74 Å². The first-order chi connectivity index (χ1) is 5.18. The van der Waals surface area contributed by atoms with Crippen molar-refractivity contribution in [1.29, 1.82) is 0 Å². The highest BCUT2D eigenvalue weighted by Crippen LogP contribution is 2.28. The van der Waals surface area contributed by atoms with Gasteiger partial charge >= 0.3 is 5.97 Å². The van der Waals surface area contributed by atoms with E-state index >= 15 is 0 Å². The summed E-state index contributed by atoms with van der Waals surface area (Å²) in [5.41, 5.74) is 0. The maximum atomic E-state index is 10.9. The monoisotopic (exact) mass is 155 g/mol. The number of ether oxygens (including phenoxy) is 1. The Morgan fingerprint density at radius 1 is 1.73 bits per heavy atom. The summed E-state index contributed by atoms with van der Waals surface area (Å²) in [7, 11) is 0. The van der Waals surface area contributed by atoms with Gasteiger partial charge in [-0.25, -0.2) is 4.79 Å². The van der Waals surface area contributed by atoms with Crippen molar-refractivity contribution in [2.75, 3.05) is 6.54 Å². The van der Waals surface area contributed by atoms with E-state index < -0.39 is 0 Å². The Morgan fingerprint density at radius 3 is 2.82 bits per heavy atom. The number of carbonyl (C=O) groups is 2. The summed E-state index contributed by atoms with van der Waals surface area (Å²) in [5, 5.41) is 0. The molecular weight excluding hydrogens is 146 g/mol. The Labute approximate surface area is 64.1 Å². The molecule has 2 fully saturated rings. The van der Waals surface area contributed by atoms with Gasteiger partial charge in [-0.15, -0.1) is 0 Å². The van der Waals surface area contributed by atoms with Crippen molar-refractivity contribution in [3.63, 3.8) is 0 Å². The van der Waals surface area contributed by atoms with Gasteiger partial charge in [0.05, 0.1) is 6.54 Å². The van der Waals surface area contributed by atoms with E-state index in [9.17, 15) is 9.59 Å². The van der Waals surface area contributed by atoms with Crippen LogP contribution in [-0.2, 0) is 14.3 Å². The molecule has 2 rings (SSSR count). The SMILES string of the molecule is CC(=O)N1CC2CC1C(=O)O2. The number of esters is 1. The number of fused-ring (bicyclic) bond motifs is 2. The molecule has 0 N–H and O–H groups in total. The molecule has 11 heavy (non-hydrogen) atoms. The molecule has 0 aromatic carbocycles. The Bertz CT molecular complexity index is 226. The lowest BCUT2D eigenvalue weighted by Crippen LogP contribution is -2.43. The van der Waals surface area contributed by atoms with Crippen molar-refractivity contribution < 1.29 is 14.3 Å². The van der Waals surface area contributed by atoms with Crippen LogP contribution in [0, 0.1) is 0 Å². The van der Waals surface area contributed by atoms with E-state index in [0.717, 1.165) is 0 Å². The average Bonchev–Trinajstić information content (AvgIpc) is 2.43. The van der Waals surface area contributed by atoms with Crippen LogP contribution < -0.4 is 0 Å². The minimum absolute atomic E-state index is 0.0311. The summed E-state index contributed by atoms with van der Waals surface area (Å²) in [6, 6.07) is -0.280. The van der Waals surface area contributed by atoms with Gasteiger partial charge < -0.3 is 9.64 Å². The maximum absolute atomic E-state index is 10.9. The normalized spacial score (nSPS) is 34.3. The third-order valence-electron chi connectivity index (χ3n) is 2.22. The molecule has 0 saturated carbocycles. The first-order valence-electron chi connectivity index (χ1n) is 3.66. The van der Waals surface area contributed by atoms with Gasteiger partial charge in [0.25, 0.3) is 0 Å². The lowest BCUT2D eigenvalue weighted by Gasteiger charge is -2.23. The van der Waals surface area contributed by atoms with Gasteiger partial charge in [-0.3, -0.25) is 4.79 Å². The Morgan fingerprint density at radius 2 is 2.45 bits per heavy atom. The highest BCUT2D eigenvalue weighted by Gasteiger charge is 2.47. The predicted octanol–water partition coefficient (Wildman–Crippen LogP) is -0.467. The maximum Gasteiger partial charge on any atom is 0.329 e. The number of hydrogen-bond acceptors (Lipinski definition) is 3. The topological polar surface area (TPSA) is 46.6 Å². The Balaban J connectivity index is 2.18. The van der Waals surface area contributed by atoms with Gasteiger partial charge in [0, 0.05) is 13.3 Å². The highest BCUT2D eigenvalue weighted by atomic mass is 16.6. The molecule has 2 aliphatic rings. The van der Waals surface area contributed by atoms with E-state index in [1.54, 1.807) is 4.90 Å². The summed E-state index contributed by atoms with van der Waals surface area (Å²) in [4.78, 5) is 23.4. The summed E-state index contributed by atoms with van der Waals surface area (Å²) >= 11 is 0. The molecule has 2 bridgehead atoms. The molecular formula is C7H9NO3. The Hall–Kier alpha value is -1.06. The zero-order valence-electron chi connectivity index (χ0n) is 6.24. The molecule has 60 valence electrons. The van der Waals surface area contributed by atoms with Crippen molar-refractivity contribution >= 4 is 11.9 Å².